The van der Waals surface area contributed by atoms with E-state index < -0.39 is 0 Å². The molecule has 25 heavy (non-hydrogen) atoms. The van der Waals surface area contributed by atoms with Crippen molar-refractivity contribution in [2.24, 2.45) is 0 Å². The third-order valence-electron chi connectivity index (χ3n) is 3.65. The SMILES string of the molecule is CCn1c(SCC(=O)c2ccc(F)cc2)nnc1-c1ccccc1Cl. The van der Waals surface area contributed by atoms with E-state index in [1.807, 2.05) is 29.7 Å². The van der Waals surface area contributed by atoms with Gasteiger partial charge in [0.05, 0.1) is 10.8 Å². The van der Waals surface area contributed by atoms with E-state index in [9.17, 15) is 9.18 Å². The Kier molecular flexibility index (Phi) is 5.50. The second-order valence-electron chi connectivity index (χ2n) is 5.25. The first kappa shape index (κ1) is 17.6. The Balaban J connectivity index is 1.78. The van der Waals surface area contributed by atoms with Gasteiger partial charge in [-0.1, -0.05) is 35.5 Å². The molecular formula is C18H15ClFN3OS. The third-order valence-corrected chi connectivity index (χ3v) is 4.94. The highest BCUT2D eigenvalue weighted by Gasteiger charge is 2.16. The number of Topliss-reactive ketones (excluding diaryl/α,β-unsaturated/α-hetero) is 1. The number of nitrogens with zero attached hydrogens (tertiary/aromatic N) is 3. The zero-order chi connectivity index (χ0) is 17.8. The van der Waals surface area contributed by atoms with E-state index in [0.717, 1.165) is 5.56 Å². The molecule has 0 aliphatic rings. The lowest BCUT2D eigenvalue weighted by Crippen LogP contribution is -2.05. The van der Waals surface area contributed by atoms with Gasteiger partial charge in [0.25, 0.3) is 0 Å². The van der Waals surface area contributed by atoms with Gasteiger partial charge < -0.3 is 4.57 Å². The molecule has 3 aromatic rings. The van der Waals surface area contributed by atoms with Crippen molar-refractivity contribution in [1.82, 2.24) is 14.8 Å². The number of halogens is 2. The first-order chi connectivity index (χ1) is 12.1. The van der Waals surface area contributed by atoms with Crippen LogP contribution < -0.4 is 0 Å². The number of ketones is 1. The Hall–Kier alpha value is -2.18. The van der Waals surface area contributed by atoms with Crippen LogP contribution in [0.15, 0.2) is 53.7 Å². The summed E-state index contributed by atoms with van der Waals surface area (Å²) in [7, 11) is 0. The predicted molar refractivity (Wildman–Crippen MR) is 97.6 cm³/mol. The molecular weight excluding hydrogens is 361 g/mol. The van der Waals surface area contributed by atoms with Crippen LogP contribution in [0.25, 0.3) is 11.4 Å². The van der Waals surface area contributed by atoms with Crippen molar-refractivity contribution in [2.75, 3.05) is 5.75 Å². The summed E-state index contributed by atoms with van der Waals surface area (Å²) in [4.78, 5) is 12.2. The fourth-order valence-corrected chi connectivity index (χ4v) is 3.49. The van der Waals surface area contributed by atoms with Crippen LogP contribution >= 0.6 is 23.4 Å². The molecule has 0 fully saturated rings. The van der Waals surface area contributed by atoms with Crippen LogP contribution in [0.3, 0.4) is 0 Å². The van der Waals surface area contributed by atoms with Gasteiger partial charge in [0.1, 0.15) is 5.82 Å². The summed E-state index contributed by atoms with van der Waals surface area (Å²) in [5.74, 6) is 0.422. The van der Waals surface area contributed by atoms with Crippen LogP contribution in [0.5, 0.6) is 0 Å². The molecule has 7 heteroatoms. The van der Waals surface area contributed by atoms with Gasteiger partial charge in [0, 0.05) is 17.7 Å². The monoisotopic (exact) mass is 375 g/mol. The summed E-state index contributed by atoms with van der Waals surface area (Å²) in [5.41, 5.74) is 1.28. The molecule has 3 rings (SSSR count). The molecule has 4 nitrogen and oxygen atoms in total. The molecule has 0 aliphatic carbocycles. The number of hydrogen-bond donors (Lipinski definition) is 0. The van der Waals surface area contributed by atoms with Gasteiger partial charge in [-0.05, 0) is 43.3 Å². The van der Waals surface area contributed by atoms with Gasteiger partial charge in [-0.3, -0.25) is 4.79 Å². The highest BCUT2D eigenvalue weighted by Crippen LogP contribution is 2.29. The lowest BCUT2D eigenvalue weighted by atomic mass is 10.1. The number of benzene rings is 2. The second-order valence-corrected chi connectivity index (χ2v) is 6.60. The molecule has 1 aromatic heterocycles. The highest BCUT2D eigenvalue weighted by molar-refractivity contribution is 7.99. The fourth-order valence-electron chi connectivity index (χ4n) is 2.37. The number of rotatable bonds is 6. The fraction of sp³-hybridized carbons (Fsp3) is 0.167. The minimum Gasteiger partial charge on any atom is -0.302 e. The lowest BCUT2D eigenvalue weighted by Gasteiger charge is -2.08. The summed E-state index contributed by atoms with van der Waals surface area (Å²) < 4.78 is 14.9. The number of aromatic nitrogens is 3. The van der Waals surface area contributed by atoms with Crippen molar-refractivity contribution < 1.29 is 9.18 Å². The van der Waals surface area contributed by atoms with Gasteiger partial charge in [-0.15, -0.1) is 10.2 Å². The molecule has 2 aromatic carbocycles. The average Bonchev–Trinajstić information content (AvgIpc) is 3.03. The first-order valence-corrected chi connectivity index (χ1v) is 9.06. The van der Waals surface area contributed by atoms with E-state index in [4.69, 9.17) is 11.6 Å². The van der Waals surface area contributed by atoms with Gasteiger partial charge >= 0.3 is 0 Å². The van der Waals surface area contributed by atoms with E-state index in [2.05, 4.69) is 10.2 Å². The molecule has 0 spiro atoms. The standard InChI is InChI=1S/C18H15ClFN3OS/c1-2-23-17(14-5-3-4-6-15(14)19)21-22-18(23)25-11-16(24)12-7-9-13(20)10-8-12/h3-10H,2,11H2,1H3. The van der Waals surface area contributed by atoms with Gasteiger partial charge in [-0.25, -0.2) is 4.39 Å². The molecule has 0 radical (unpaired) electrons. The minimum atomic E-state index is -0.362. The first-order valence-electron chi connectivity index (χ1n) is 7.69. The van der Waals surface area contributed by atoms with Crippen LogP contribution in [-0.2, 0) is 6.54 Å². The molecule has 0 atom stereocenters. The van der Waals surface area contributed by atoms with Crippen LogP contribution in [0.2, 0.25) is 5.02 Å². The molecule has 0 saturated carbocycles. The van der Waals surface area contributed by atoms with Crippen molar-refractivity contribution in [2.45, 2.75) is 18.6 Å². The van der Waals surface area contributed by atoms with Crippen molar-refractivity contribution in [1.29, 1.82) is 0 Å². The minimum absolute atomic E-state index is 0.0880. The molecule has 0 aliphatic heterocycles. The molecule has 1 heterocycles. The van der Waals surface area contributed by atoms with Crippen LogP contribution in [-0.4, -0.2) is 26.3 Å². The van der Waals surface area contributed by atoms with Crippen LogP contribution in [0.1, 0.15) is 17.3 Å². The maximum Gasteiger partial charge on any atom is 0.191 e. The Labute approximate surface area is 154 Å². The molecule has 0 N–H and O–H groups in total. The maximum atomic E-state index is 12.9. The average molecular weight is 376 g/mol. The second kappa shape index (κ2) is 7.80. The van der Waals surface area contributed by atoms with Crippen molar-refractivity contribution in [3.8, 4) is 11.4 Å². The quantitative estimate of drug-likeness (QED) is 0.461. The Morgan fingerprint density at radius 1 is 1.16 bits per heavy atom. The summed E-state index contributed by atoms with van der Waals surface area (Å²) in [6.07, 6.45) is 0. The van der Waals surface area contributed by atoms with E-state index in [-0.39, 0.29) is 17.4 Å². The maximum absolute atomic E-state index is 12.9. The van der Waals surface area contributed by atoms with Gasteiger partial charge in [0.15, 0.2) is 16.8 Å². The lowest BCUT2D eigenvalue weighted by molar-refractivity contribution is 0.102. The van der Waals surface area contributed by atoms with Crippen molar-refractivity contribution >= 4 is 29.1 Å². The molecule has 0 saturated heterocycles. The Bertz CT molecular complexity index is 896. The normalized spacial score (nSPS) is 10.8. The zero-order valence-corrected chi connectivity index (χ0v) is 15.0. The molecule has 0 bridgehead atoms. The van der Waals surface area contributed by atoms with E-state index in [0.29, 0.717) is 28.1 Å². The zero-order valence-electron chi connectivity index (χ0n) is 13.4. The van der Waals surface area contributed by atoms with E-state index in [1.54, 1.807) is 6.07 Å². The van der Waals surface area contributed by atoms with Gasteiger partial charge in [-0.2, -0.15) is 0 Å². The topological polar surface area (TPSA) is 47.8 Å². The summed E-state index contributed by atoms with van der Waals surface area (Å²) >= 11 is 7.55. The Morgan fingerprint density at radius 3 is 2.56 bits per heavy atom. The molecule has 0 amide bonds. The smallest absolute Gasteiger partial charge is 0.191 e. The number of hydrogen-bond acceptors (Lipinski definition) is 4. The summed E-state index contributed by atoms with van der Waals surface area (Å²) in [6.45, 7) is 2.64. The van der Waals surface area contributed by atoms with E-state index >= 15 is 0 Å². The highest BCUT2D eigenvalue weighted by atomic mass is 35.5. The van der Waals surface area contributed by atoms with Gasteiger partial charge in [0.2, 0.25) is 0 Å². The van der Waals surface area contributed by atoms with Crippen LogP contribution in [0.4, 0.5) is 4.39 Å². The third kappa shape index (κ3) is 3.91. The molecule has 0 unspecified atom stereocenters. The van der Waals surface area contributed by atoms with Crippen molar-refractivity contribution in [3.63, 3.8) is 0 Å². The number of carbonyl (C=O) groups excluding carboxylic acids is 1. The van der Waals surface area contributed by atoms with Crippen LogP contribution in [0, 0.1) is 5.82 Å². The largest absolute Gasteiger partial charge is 0.302 e. The molecule has 128 valence electrons. The number of carbonyl (C=O) groups is 1. The van der Waals surface area contributed by atoms with Crippen molar-refractivity contribution in [3.05, 3.63) is 64.9 Å². The van der Waals surface area contributed by atoms with E-state index in [1.165, 1.54) is 36.0 Å². The number of thioether (sulfide) groups is 1. The Morgan fingerprint density at radius 2 is 1.88 bits per heavy atom. The summed E-state index contributed by atoms with van der Waals surface area (Å²) in [5, 5.41) is 9.66. The predicted octanol–water partition coefficient (Wildman–Crippen LogP) is 4.73. The summed E-state index contributed by atoms with van der Waals surface area (Å²) in [6, 6.07) is 13.0.